The van der Waals surface area contributed by atoms with Crippen LogP contribution in [0.2, 0.25) is 0 Å². The highest BCUT2D eigenvalue weighted by Crippen LogP contribution is 2.46. The van der Waals surface area contributed by atoms with Crippen LogP contribution >= 0.6 is 11.3 Å². The minimum Gasteiger partial charge on any atom is -0.456 e. The average molecular weight is 1600 g/mol. The van der Waals surface area contributed by atoms with Crippen molar-refractivity contribution in [3.8, 4) is 113 Å². The number of fused-ring (bicyclic) bond motifs is 18. The Morgan fingerprint density at radius 1 is 0.161 bits per heavy atom. The number of benzene rings is 20. The Bertz CT molecular complexity index is 8910. The Morgan fingerprint density at radius 2 is 0.548 bits per heavy atom. The van der Waals surface area contributed by atoms with E-state index in [1.165, 1.54) is 63.4 Å². The van der Waals surface area contributed by atoms with E-state index < -0.39 is 0 Å². The van der Waals surface area contributed by atoms with Crippen LogP contribution in [0.5, 0.6) is 0 Å². The fraction of sp³-hybridized carbons (Fsp3) is 0. The van der Waals surface area contributed by atoms with E-state index in [0.717, 1.165) is 165 Å². The minimum atomic E-state index is 0.568. The van der Waals surface area contributed by atoms with Crippen molar-refractivity contribution in [3.63, 3.8) is 0 Å². The van der Waals surface area contributed by atoms with Crippen LogP contribution in [0.25, 0.3) is 263 Å². The maximum atomic E-state index is 6.75. The number of rotatable bonds is 10. The van der Waals surface area contributed by atoms with E-state index in [4.69, 9.17) is 43.2 Å². The summed E-state index contributed by atoms with van der Waals surface area (Å²) >= 11 is 1.81. The zero-order valence-electron chi connectivity index (χ0n) is 66.4. The van der Waals surface area contributed by atoms with Gasteiger partial charge in [0.1, 0.15) is 33.5 Å². The highest BCUT2D eigenvalue weighted by molar-refractivity contribution is 7.25. The fourth-order valence-electron chi connectivity index (χ4n) is 18.6. The van der Waals surface area contributed by atoms with Gasteiger partial charge in [0.2, 0.25) is 0 Å². The number of furan rings is 3. The second kappa shape index (κ2) is 28.7. The summed E-state index contributed by atoms with van der Waals surface area (Å²) in [6, 6.07) is 141. The molecule has 10 heteroatoms. The molecule has 0 saturated carbocycles. The summed E-state index contributed by atoms with van der Waals surface area (Å²) in [6.45, 7) is 0. The molecule has 0 fully saturated rings. The number of para-hydroxylation sites is 3. The molecular formula is C114H66N6O3S. The van der Waals surface area contributed by atoms with Crippen LogP contribution in [0.15, 0.2) is 414 Å². The maximum Gasteiger partial charge on any atom is 0.164 e. The van der Waals surface area contributed by atoms with E-state index in [0.29, 0.717) is 34.9 Å². The summed E-state index contributed by atoms with van der Waals surface area (Å²) in [5, 5.41) is 22.6. The van der Waals surface area contributed by atoms with Gasteiger partial charge in [-0.25, -0.2) is 29.9 Å². The summed E-state index contributed by atoms with van der Waals surface area (Å²) in [5.41, 5.74) is 19.3. The van der Waals surface area contributed by atoms with Crippen molar-refractivity contribution in [1.29, 1.82) is 0 Å². The van der Waals surface area contributed by atoms with Crippen molar-refractivity contribution in [3.05, 3.63) is 400 Å². The Hall–Kier alpha value is -16.4. The standard InChI is InChI=1S/C57H33N3O2.C57H33N3OS/c1-2-15-36-33-52-48(31-35(36)14-1)45-25-11-24-44(54(45)62-52)40-30-37-16-4-6-21-43(37)49(32-40)57-59-55(39-19-9-18-38(29-39)42-23-10-17-34-13-3-5-20-41(34)42)58-56(60-57)47-26-12-28-51-53(47)46-22-7-8-27-50(46)61-51;1-2-12-38-33-51-49(31-37(38)11-1)47-19-9-18-45(54(47)61-51)40-26-28-44-39(30-40)14-8-20-48(44)57-59-55(36-24-22-35(23-25-36)43-17-7-13-34-10-3-4-15-42(34)43)58-56(60-57)41-27-29-53-50(32-41)46-16-5-6-21-52(46)62-53/h2*1-33H. The lowest BCUT2D eigenvalue weighted by Gasteiger charge is -2.14. The van der Waals surface area contributed by atoms with Crippen LogP contribution in [0.1, 0.15) is 0 Å². The largest absolute Gasteiger partial charge is 0.456 e. The fourth-order valence-corrected chi connectivity index (χ4v) is 19.7. The van der Waals surface area contributed by atoms with E-state index >= 15 is 0 Å². The molecule has 0 saturated heterocycles. The van der Waals surface area contributed by atoms with Crippen LogP contribution in [0.4, 0.5) is 0 Å². The smallest absolute Gasteiger partial charge is 0.164 e. The summed E-state index contributed by atoms with van der Waals surface area (Å²) in [7, 11) is 0. The topological polar surface area (TPSA) is 117 Å². The van der Waals surface area contributed by atoms with Crippen LogP contribution in [0.3, 0.4) is 0 Å². The minimum absolute atomic E-state index is 0.568. The molecule has 9 nitrogen and oxygen atoms in total. The van der Waals surface area contributed by atoms with Crippen LogP contribution in [-0.4, -0.2) is 29.9 Å². The summed E-state index contributed by atoms with van der Waals surface area (Å²) in [4.78, 5) is 31.7. The molecule has 20 aromatic carbocycles. The molecule has 26 rings (SSSR count). The highest BCUT2D eigenvalue weighted by atomic mass is 32.1. The molecule has 6 heterocycles. The third-order valence-electron chi connectivity index (χ3n) is 24.6. The lowest BCUT2D eigenvalue weighted by atomic mass is 9.95. The molecular weight excluding hydrogens is 1530 g/mol. The summed E-state index contributed by atoms with van der Waals surface area (Å²) < 4.78 is 22.3. The number of hydrogen-bond acceptors (Lipinski definition) is 10. The van der Waals surface area contributed by atoms with Gasteiger partial charge in [-0.05, 0) is 183 Å². The number of thiophene rings is 1. The SMILES string of the molecule is c1cc(-c2nc(-c3cc(-c4cccc5c4oc4cc6ccccc6cc45)cc4ccccc34)nc(-c3cccc4oc5ccccc5c34)n2)cc(-c2cccc3ccccc23)c1.c1ccc2cc3c(cc2c1)oc1c(-c2ccc4c(-c5nc(-c6ccc(-c7cccc8ccccc78)cc6)nc(-c6ccc7sc8ccccc8c7c6)n5)cccc4c2)cccc13. The zero-order chi connectivity index (χ0) is 81.5. The van der Waals surface area contributed by atoms with E-state index in [1.54, 1.807) is 0 Å². The molecule has 0 aliphatic rings. The second-order valence-electron chi connectivity index (χ2n) is 31.9. The zero-order valence-corrected chi connectivity index (χ0v) is 67.2. The molecule has 0 unspecified atom stereocenters. The molecule has 124 heavy (non-hydrogen) atoms. The molecule has 0 aliphatic heterocycles. The van der Waals surface area contributed by atoms with Crippen LogP contribution in [0, 0.1) is 0 Å². The highest BCUT2D eigenvalue weighted by Gasteiger charge is 2.25. The van der Waals surface area contributed by atoms with Crippen molar-refractivity contribution in [2.45, 2.75) is 0 Å². The van der Waals surface area contributed by atoms with Gasteiger partial charge < -0.3 is 13.3 Å². The Morgan fingerprint density at radius 3 is 1.22 bits per heavy atom. The molecule has 0 atom stereocenters. The lowest BCUT2D eigenvalue weighted by molar-refractivity contribution is 0.669. The van der Waals surface area contributed by atoms with Crippen molar-refractivity contribution < 1.29 is 13.3 Å². The van der Waals surface area contributed by atoms with Gasteiger partial charge in [0.05, 0.1) is 0 Å². The van der Waals surface area contributed by atoms with Gasteiger partial charge in [-0.15, -0.1) is 11.3 Å². The van der Waals surface area contributed by atoms with Crippen molar-refractivity contribution >= 4 is 162 Å². The first kappa shape index (κ1) is 70.6. The monoisotopic (exact) mass is 1600 g/mol. The van der Waals surface area contributed by atoms with Gasteiger partial charge >= 0.3 is 0 Å². The quantitative estimate of drug-likeness (QED) is 0.132. The molecule has 0 spiro atoms. The van der Waals surface area contributed by atoms with Crippen LogP contribution in [-0.2, 0) is 0 Å². The molecule has 0 bridgehead atoms. The van der Waals surface area contributed by atoms with Crippen molar-refractivity contribution in [2.24, 2.45) is 0 Å². The van der Waals surface area contributed by atoms with Gasteiger partial charge in [-0.2, -0.15) is 0 Å². The lowest BCUT2D eigenvalue weighted by Crippen LogP contribution is -2.01. The van der Waals surface area contributed by atoms with Gasteiger partial charge in [0.15, 0.2) is 34.9 Å². The Balaban J connectivity index is 0.000000136. The van der Waals surface area contributed by atoms with Gasteiger partial charge in [-0.1, -0.05) is 315 Å². The predicted molar refractivity (Wildman–Crippen MR) is 514 cm³/mol. The van der Waals surface area contributed by atoms with Crippen molar-refractivity contribution in [2.75, 3.05) is 0 Å². The Kier molecular flexibility index (Phi) is 16.3. The van der Waals surface area contributed by atoms with E-state index in [1.807, 2.05) is 41.7 Å². The first-order valence-corrected chi connectivity index (χ1v) is 42.5. The van der Waals surface area contributed by atoms with Crippen LogP contribution < -0.4 is 0 Å². The second-order valence-corrected chi connectivity index (χ2v) is 32.9. The number of hydrogen-bond donors (Lipinski definition) is 0. The van der Waals surface area contributed by atoms with E-state index in [-0.39, 0.29) is 0 Å². The third kappa shape index (κ3) is 12.0. The Labute approximate surface area is 713 Å². The van der Waals surface area contributed by atoms with Gasteiger partial charge in [-0.3, -0.25) is 0 Å². The molecule has 576 valence electrons. The van der Waals surface area contributed by atoms with Crippen molar-refractivity contribution in [1.82, 2.24) is 29.9 Å². The normalized spacial score (nSPS) is 11.9. The number of nitrogens with zero attached hydrogens (tertiary/aromatic N) is 6. The van der Waals surface area contributed by atoms with Gasteiger partial charge in [0, 0.05) is 97.0 Å². The predicted octanol–water partition coefficient (Wildman–Crippen LogP) is 31.4. The summed E-state index contributed by atoms with van der Waals surface area (Å²) in [6.07, 6.45) is 0. The number of aromatic nitrogens is 6. The molecule has 6 aromatic heterocycles. The molecule has 0 amide bonds. The summed E-state index contributed by atoms with van der Waals surface area (Å²) in [5.74, 6) is 3.62. The first-order valence-electron chi connectivity index (χ1n) is 41.7. The molecule has 0 N–H and O–H groups in total. The third-order valence-corrected chi connectivity index (χ3v) is 25.7. The average Bonchev–Trinajstić information content (AvgIpc) is 1.50. The maximum absolute atomic E-state index is 6.75. The molecule has 26 aromatic rings. The van der Waals surface area contributed by atoms with E-state index in [9.17, 15) is 0 Å². The van der Waals surface area contributed by atoms with E-state index in [2.05, 4.69) is 370 Å². The molecule has 0 radical (unpaired) electrons. The first-order chi connectivity index (χ1) is 61.4. The van der Waals surface area contributed by atoms with Gasteiger partial charge in [0.25, 0.3) is 0 Å². The molecule has 0 aliphatic carbocycles.